The van der Waals surface area contributed by atoms with Gasteiger partial charge < -0.3 is 14.1 Å². The molecule has 2 fully saturated rings. The monoisotopic (exact) mass is 352 g/mol. The number of carbonyl (C=O) groups excluding carboxylic acids is 1. The van der Waals surface area contributed by atoms with Crippen molar-refractivity contribution in [3.63, 3.8) is 0 Å². The van der Waals surface area contributed by atoms with E-state index in [1.54, 1.807) is 24.3 Å². The van der Waals surface area contributed by atoms with Gasteiger partial charge >= 0.3 is 0 Å². The van der Waals surface area contributed by atoms with Crippen LogP contribution >= 0.6 is 0 Å². The molecule has 26 heavy (non-hydrogen) atoms. The largest absolute Gasteiger partial charge is 0.493 e. The second kappa shape index (κ2) is 5.86. The highest BCUT2D eigenvalue weighted by Crippen LogP contribution is 2.41. The summed E-state index contributed by atoms with van der Waals surface area (Å²) in [5, 5.41) is 9.45. The predicted molar refractivity (Wildman–Crippen MR) is 94.0 cm³/mol. The number of hydrogen-bond acceptors (Lipinski definition) is 5. The van der Waals surface area contributed by atoms with Crippen LogP contribution < -0.4 is 4.74 Å². The summed E-state index contributed by atoms with van der Waals surface area (Å²) in [6.45, 7) is 0. The van der Waals surface area contributed by atoms with E-state index in [1.807, 2.05) is 29.2 Å². The first-order chi connectivity index (χ1) is 12.7. The molecule has 0 saturated carbocycles. The summed E-state index contributed by atoms with van der Waals surface area (Å²) in [6, 6.07) is 8.19. The van der Waals surface area contributed by atoms with Gasteiger partial charge in [-0.05, 0) is 37.8 Å². The third-order valence-corrected chi connectivity index (χ3v) is 5.64. The lowest BCUT2D eigenvalue weighted by atomic mass is 9.97. The molecule has 2 bridgehead atoms. The SMILES string of the molecule is COc1cccc2cc(C(=O)N3C4CCC3CC(n3nccn3)C4)oc12. The third kappa shape index (κ3) is 2.30. The Balaban J connectivity index is 1.43. The zero-order valence-electron chi connectivity index (χ0n) is 14.5. The Hall–Kier alpha value is -2.83. The Kier molecular flexibility index (Phi) is 3.48. The number of amides is 1. The average molecular weight is 352 g/mol. The first-order valence-corrected chi connectivity index (χ1v) is 8.99. The van der Waals surface area contributed by atoms with E-state index in [4.69, 9.17) is 9.15 Å². The van der Waals surface area contributed by atoms with Gasteiger partial charge in [-0.15, -0.1) is 0 Å². The van der Waals surface area contributed by atoms with Crippen molar-refractivity contribution in [1.29, 1.82) is 0 Å². The minimum atomic E-state index is -0.0253. The van der Waals surface area contributed by atoms with E-state index in [-0.39, 0.29) is 24.0 Å². The number of nitrogens with zero attached hydrogens (tertiary/aromatic N) is 4. The summed E-state index contributed by atoms with van der Waals surface area (Å²) >= 11 is 0. The molecule has 0 aliphatic carbocycles. The second-order valence-corrected chi connectivity index (χ2v) is 7.06. The van der Waals surface area contributed by atoms with Gasteiger partial charge in [0.05, 0.1) is 25.5 Å². The van der Waals surface area contributed by atoms with Crippen LogP contribution in [0.3, 0.4) is 0 Å². The quantitative estimate of drug-likeness (QED) is 0.724. The minimum absolute atomic E-state index is 0.0253. The van der Waals surface area contributed by atoms with Gasteiger partial charge in [0, 0.05) is 17.5 Å². The number of carbonyl (C=O) groups is 1. The number of hydrogen-bond donors (Lipinski definition) is 0. The Morgan fingerprint density at radius 1 is 1.15 bits per heavy atom. The molecule has 2 atom stereocenters. The third-order valence-electron chi connectivity index (χ3n) is 5.64. The highest BCUT2D eigenvalue weighted by molar-refractivity contribution is 5.97. The van der Waals surface area contributed by atoms with E-state index < -0.39 is 0 Å². The number of fused-ring (bicyclic) bond motifs is 3. The number of methoxy groups -OCH3 is 1. The van der Waals surface area contributed by atoms with Gasteiger partial charge in [0.2, 0.25) is 0 Å². The molecule has 0 N–H and O–H groups in total. The fourth-order valence-corrected chi connectivity index (χ4v) is 4.51. The van der Waals surface area contributed by atoms with Crippen LogP contribution in [0.2, 0.25) is 0 Å². The van der Waals surface area contributed by atoms with Crippen molar-refractivity contribution >= 4 is 16.9 Å². The first kappa shape index (κ1) is 15.4. The molecule has 2 aromatic heterocycles. The van der Waals surface area contributed by atoms with Crippen molar-refractivity contribution in [3.8, 4) is 5.75 Å². The molecule has 2 aliphatic rings. The van der Waals surface area contributed by atoms with Crippen molar-refractivity contribution in [1.82, 2.24) is 19.9 Å². The van der Waals surface area contributed by atoms with Crippen LogP contribution in [-0.4, -0.2) is 45.0 Å². The van der Waals surface area contributed by atoms with Crippen LogP contribution in [0.15, 0.2) is 41.1 Å². The number of furan rings is 1. The number of ether oxygens (including phenoxy) is 1. The number of para-hydroxylation sites is 1. The lowest BCUT2D eigenvalue weighted by Gasteiger charge is -2.38. The van der Waals surface area contributed by atoms with Crippen LogP contribution in [0.4, 0.5) is 0 Å². The number of rotatable bonds is 3. The van der Waals surface area contributed by atoms with Gasteiger partial charge in [0.15, 0.2) is 17.1 Å². The van der Waals surface area contributed by atoms with E-state index in [0.717, 1.165) is 31.1 Å². The molecule has 0 radical (unpaired) electrons. The predicted octanol–water partition coefficient (Wildman–Crippen LogP) is 3.04. The molecule has 1 amide bonds. The molecule has 5 rings (SSSR count). The van der Waals surface area contributed by atoms with Gasteiger partial charge in [0.25, 0.3) is 5.91 Å². The topological polar surface area (TPSA) is 73.4 Å². The van der Waals surface area contributed by atoms with Crippen molar-refractivity contribution in [2.45, 2.75) is 43.8 Å². The second-order valence-electron chi connectivity index (χ2n) is 7.06. The molecule has 4 heterocycles. The van der Waals surface area contributed by atoms with Gasteiger partial charge in [-0.25, -0.2) is 0 Å². The lowest BCUT2D eigenvalue weighted by molar-refractivity contribution is 0.0483. The molecule has 7 nitrogen and oxygen atoms in total. The van der Waals surface area contributed by atoms with Gasteiger partial charge in [-0.3, -0.25) is 4.79 Å². The summed E-state index contributed by atoms with van der Waals surface area (Å²) in [6.07, 6.45) is 7.25. The van der Waals surface area contributed by atoms with Crippen molar-refractivity contribution in [3.05, 3.63) is 42.4 Å². The maximum Gasteiger partial charge on any atom is 0.290 e. The minimum Gasteiger partial charge on any atom is -0.493 e. The van der Waals surface area contributed by atoms with E-state index in [0.29, 0.717) is 17.1 Å². The molecular weight excluding hydrogens is 332 g/mol. The summed E-state index contributed by atoms with van der Waals surface area (Å²) in [4.78, 5) is 17.0. The highest BCUT2D eigenvalue weighted by atomic mass is 16.5. The maximum absolute atomic E-state index is 13.2. The van der Waals surface area contributed by atoms with Crippen molar-refractivity contribution in [2.24, 2.45) is 0 Å². The summed E-state index contributed by atoms with van der Waals surface area (Å²) in [5.41, 5.74) is 0.626. The smallest absolute Gasteiger partial charge is 0.290 e. The highest BCUT2D eigenvalue weighted by Gasteiger charge is 2.45. The van der Waals surface area contributed by atoms with E-state index >= 15 is 0 Å². The van der Waals surface area contributed by atoms with Crippen molar-refractivity contribution < 1.29 is 13.9 Å². The summed E-state index contributed by atoms with van der Waals surface area (Å²) in [5.74, 6) is 1.01. The molecule has 0 spiro atoms. The maximum atomic E-state index is 13.2. The molecule has 1 aromatic carbocycles. The fraction of sp³-hybridized carbons (Fsp3) is 0.421. The molecule has 2 saturated heterocycles. The Bertz CT molecular complexity index is 935. The number of aromatic nitrogens is 3. The van der Waals surface area contributed by atoms with E-state index in [9.17, 15) is 4.79 Å². The zero-order chi connectivity index (χ0) is 17.7. The first-order valence-electron chi connectivity index (χ1n) is 8.99. The number of piperidine rings is 1. The van der Waals surface area contributed by atoms with Crippen LogP contribution in [0.5, 0.6) is 5.75 Å². The number of benzene rings is 1. The molecule has 3 aromatic rings. The van der Waals surface area contributed by atoms with Crippen LogP contribution in [0, 0.1) is 0 Å². The van der Waals surface area contributed by atoms with Crippen LogP contribution in [-0.2, 0) is 0 Å². The fourth-order valence-electron chi connectivity index (χ4n) is 4.51. The normalized spacial score (nSPS) is 25.0. The Morgan fingerprint density at radius 2 is 1.88 bits per heavy atom. The molecule has 2 aliphatic heterocycles. The van der Waals surface area contributed by atoms with Gasteiger partial charge in [-0.1, -0.05) is 12.1 Å². The van der Waals surface area contributed by atoms with Gasteiger partial charge in [0.1, 0.15) is 0 Å². The zero-order valence-corrected chi connectivity index (χ0v) is 14.5. The van der Waals surface area contributed by atoms with E-state index in [2.05, 4.69) is 10.2 Å². The Labute approximate surface area is 150 Å². The molecule has 134 valence electrons. The van der Waals surface area contributed by atoms with Crippen molar-refractivity contribution in [2.75, 3.05) is 7.11 Å². The average Bonchev–Trinajstić information content (AvgIpc) is 3.38. The molecule has 2 unspecified atom stereocenters. The van der Waals surface area contributed by atoms with Crippen LogP contribution in [0.1, 0.15) is 42.3 Å². The Morgan fingerprint density at radius 3 is 2.58 bits per heavy atom. The summed E-state index contributed by atoms with van der Waals surface area (Å²) < 4.78 is 11.2. The van der Waals surface area contributed by atoms with E-state index in [1.165, 1.54) is 0 Å². The molecule has 7 heteroatoms. The van der Waals surface area contributed by atoms with Gasteiger partial charge in [-0.2, -0.15) is 15.0 Å². The summed E-state index contributed by atoms with van der Waals surface area (Å²) in [7, 11) is 1.60. The molecular formula is C19H20N4O3. The lowest BCUT2D eigenvalue weighted by Crippen LogP contribution is -2.47. The van der Waals surface area contributed by atoms with Crippen LogP contribution in [0.25, 0.3) is 11.0 Å². The standard InChI is InChI=1S/C19H20N4O3/c1-25-16-4-2-3-12-9-17(26-18(12)16)19(24)22-13-5-6-14(22)11-15(10-13)23-20-7-8-21-23/h2-4,7-9,13-15H,5-6,10-11H2,1H3.